The zero-order valence-corrected chi connectivity index (χ0v) is 11.1. The maximum absolute atomic E-state index is 12.2. The van der Waals surface area contributed by atoms with Crippen LogP contribution in [0, 0.1) is 5.92 Å². The predicted octanol–water partition coefficient (Wildman–Crippen LogP) is 2.17. The van der Waals surface area contributed by atoms with E-state index in [1.54, 1.807) is 0 Å². The van der Waals surface area contributed by atoms with Gasteiger partial charge in [0.15, 0.2) is 0 Å². The molecule has 1 heterocycles. The number of hydrogen-bond donors (Lipinski definition) is 1. The van der Waals surface area contributed by atoms with Gasteiger partial charge in [0.2, 0.25) is 5.91 Å². The van der Waals surface area contributed by atoms with Crippen molar-refractivity contribution in [2.75, 3.05) is 20.1 Å². The molecule has 1 N–H and O–H groups in total. The van der Waals surface area contributed by atoms with Crippen LogP contribution in [-0.2, 0) is 4.79 Å². The van der Waals surface area contributed by atoms with Crippen LogP contribution in [0.15, 0.2) is 0 Å². The third-order valence-electron chi connectivity index (χ3n) is 4.24. The maximum Gasteiger partial charge on any atom is 0.239 e. The van der Waals surface area contributed by atoms with Crippen molar-refractivity contribution in [2.24, 2.45) is 5.92 Å². The van der Waals surface area contributed by atoms with Crippen molar-refractivity contribution < 1.29 is 4.79 Å². The Balaban J connectivity index is 1.77. The molecule has 2 fully saturated rings. The summed E-state index contributed by atoms with van der Waals surface area (Å²) in [6, 6.07) is 0.0948. The molecule has 3 nitrogen and oxygen atoms in total. The Morgan fingerprint density at radius 1 is 1.12 bits per heavy atom. The Morgan fingerprint density at radius 2 is 1.82 bits per heavy atom. The summed E-state index contributed by atoms with van der Waals surface area (Å²) in [6.07, 6.45) is 10.2. The quantitative estimate of drug-likeness (QED) is 0.817. The minimum atomic E-state index is 0.0948. The summed E-state index contributed by atoms with van der Waals surface area (Å²) >= 11 is 0. The van der Waals surface area contributed by atoms with Crippen LogP contribution >= 0.6 is 0 Å². The Bertz CT molecular complexity index is 243. The molecule has 17 heavy (non-hydrogen) atoms. The van der Waals surface area contributed by atoms with Gasteiger partial charge in [0.1, 0.15) is 0 Å². The average molecular weight is 238 g/mol. The zero-order valence-electron chi connectivity index (χ0n) is 11.1. The van der Waals surface area contributed by atoms with Crippen LogP contribution in [0.3, 0.4) is 0 Å². The number of piperidine rings is 1. The normalized spacial score (nSPS) is 26.8. The van der Waals surface area contributed by atoms with E-state index < -0.39 is 0 Å². The first-order chi connectivity index (χ1) is 8.27. The predicted molar refractivity (Wildman–Crippen MR) is 69.9 cm³/mol. The third kappa shape index (κ3) is 3.70. The van der Waals surface area contributed by atoms with Crippen molar-refractivity contribution in [3.8, 4) is 0 Å². The molecule has 0 aromatic carbocycles. The summed E-state index contributed by atoms with van der Waals surface area (Å²) in [5.41, 5.74) is 0. The fraction of sp³-hybridized carbons (Fsp3) is 0.929. The SMILES string of the molecule is CN(CC1CCCCC1)C(=O)[C@@H]1CCCCN1. The Kier molecular flexibility index (Phi) is 4.84. The second-order valence-electron chi connectivity index (χ2n) is 5.73. The molecule has 1 aliphatic carbocycles. The second-order valence-corrected chi connectivity index (χ2v) is 5.73. The standard InChI is InChI=1S/C14H26N2O/c1-16(11-12-7-3-2-4-8-12)14(17)13-9-5-6-10-15-13/h12-13,15H,2-11H2,1H3/t13-/m0/s1. The molecule has 0 radical (unpaired) electrons. The van der Waals surface area contributed by atoms with Gasteiger partial charge >= 0.3 is 0 Å². The minimum Gasteiger partial charge on any atom is -0.344 e. The number of nitrogens with one attached hydrogen (secondary N) is 1. The highest BCUT2D eigenvalue weighted by Gasteiger charge is 2.25. The summed E-state index contributed by atoms with van der Waals surface area (Å²) in [6.45, 7) is 1.98. The molecule has 1 atom stereocenters. The summed E-state index contributed by atoms with van der Waals surface area (Å²) in [5.74, 6) is 1.07. The molecule has 1 saturated heterocycles. The van der Waals surface area contributed by atoms with Gasteiger partial charge in [-0.15, -0.1) is 0 Å². The van der Waals surface area contributed by atoms with Crippen molar-refractivity contribution in [3.63, 3.8) is 0 Å². The summed E-state index contributed by atoms with van der Waals surface area (Å²) in [5, 5.41) is 3.35. The highest BCUT2D eigenvalue weighted by atomic mass is 16.2. The molecule has 1 amide bonds. The lowest BCUT2D eigenvalue weighted by atomic mass is 9.89. The van der Waals surface area contributed by atoms with E-state index in [4.69, 9.17) is 0 Å². The van der Waals surface area contributed by atoms with Crippen molar-refractivity contribution >= 4 is 5.91 Å². The van der Waals surface area contributed by atoms with Crippen LogP contribution in [0.5, 0.6) is 0 Å². The molecule has 2 aliphatic rings. The monoisotopic (exact) mass is 238 g/mol. The van der Waals surface area contributed by atoms with Crippen molar-refractivity contribution in [1.82, 2.24) is 10.2 Å². The van der Waals surface area contributed by atoms with Gasteiger partial charge in [0, 0.05) is 13.6 Å². The van der Waals surface area contributed by atoms with Crippen LogP contribution in [-0.4, -0.2) is 37.0 Å². The number of nitrogens with zero attached hydrogens (tertiary/aromatic N) is 1. The molecule has 0 spiro atoms. The van der Waals surface area contributed by atoms with Crippen molar-refractivity contribution in [2.45, 2.75) is 57.4 Å². The van der Waals surface area contributed by atoms with Gasteiger partial charge in [-0.1, -0.05) is 25.7 Å². The lowest BCUT2D eigenvalue weighted by molar-refractivity contribution is -0.133. The van der Waals surface area contributed by atoms with Crippen LogP contribution in [0.25, 0.3) is 0 Å². The fourth-order valence-electron chi connectivity index (χ4n) is 3.18. The first kappa shape index (κ1) is 12.9. The molecule has 0 aromatic rings. The molecule has 0 aromatic heterocycles. The van der Waals surface area contributed by atoms with E-state index in [0.29, 0.717) is 5.91 Å². The lowest BCUT2D eigenvalue weighted by Crippen LogP contribution is -2.48. The highest BCUT2D eigenvalue weighted by molar-refractivity contribution is 5.81. The van der Waals surface area contributed by atoms with E-state index in [9.17, 15) is 4.79 Å². The molecule has 1 aliphatic heterocycles. The van der Waals surface area contributed by atoms with Gasteiger partial charge in [-0.25, -0.2) is 0 Å². The fourth-order valence-corrected chi connectivity index (χ4v) is 3.18. The molecule has 2 rings (SSSR count). The average Bonchev–Trinajstić information content (AvgIpc) is 2.40. The molecule has 98 valence electrons. The summed E-state index contributed by atoms with van der Waals surface area (Å²) < 4.78 is 0. The zero-order chi connectivity index (χ0) is 12.1. The first-order valence-electron chi connectivity index (χ1n) is 7.26. The first-order valence-corrected chi connectivity index (χ1v) is 7.26. The second kappa shape index (κ2) is 6.39. The van der Waals surface area contributed by atoms with E-state index >= 15 is 0 Å². The van der Waals surface area contributed by atoms with Gasteiger partial charge in [-0.2, -0.15) is 0 Å². The van der Waals surface area contributed by atoms with E-state index in [0.717, 1.165) is 25.4 Å². The number of amides is 1. The Morgan fingerprint density at radius 3 is 2.47 bits per heavy atom. The van der Waals surface area contributed by atoms with Gasteiger partial charge in [-0.05, 0) is 38.1 Å². The molecule has 0 bridgehead atoms. The van der Waals surface area contributed by atoms with Gasteiger partial charge in [0.25, 0.3) is 0 Å². The van der Waals surface area contributed by atoms with E-state index in [-0.39, 0.29) is 6.04 Å². The largest absolute Gasteiger partial charge is 0.344 e. The third-order valence-corrected chi connectivity index (χ3v) is 4.24. The molecular weight excluding hydrogens is 212 g/mol. The lowest BCUT2D eigenvalue weighted by Gasteiger charge is -2.31. The van der Waals surface area contributed by atoms with E-state index in [1.165, 1.54) is 44.9 Å². The maximum atomic E-state index is 12.2. The van der Waals surface area contributed by atoms with Crippen LogP contribution in [0.4, 0.5) is 0 Å². The summed E-state index contributed by atoms with van der Waals surface area (Å²) in [7, 11) is 1.98. The van der Waals surface area contributed by atoms with Crippen molar-refractivity contribution in [1.29, 1.82) is 0 Å². The van der Waals surface area contributed by atoms with Crippen LogP contribution < -0.4 is 5.32 Å². The summed E-state index contributed by atoms with van der Waals surface area (Å²) in [4.78, 5) is 14.2. The van der Waals surface area contributed by atoms with Gasteiger partial charge < -0.3 is 10.2 Å². The van der Waals surface area contributed by atoms with E-state index in [1.807, 2.05) is 11.9 Å². The van der Waals surface area contributed by atoms with Gasteiger partial charge in [0.05, 0.1) is 6.04 Å². The number of hydrogen-bond acceptors (Lipinski definition) is 2. The van der Waals surface area contributed by atoms with Crippen LogP contribution in [0.2, 0.25) is 0 Å². The van der Waals surface area contributed by atoms with Crippen LogP contribution in [0.1, 0.15) is 51.4 Å². The molecule has 3 heteroatoms. The van der Waals surface area contributed by atoms with Crippen molar-refractivity contribution in [3.05, 3.63) is 0 Å². The molecule has 0 unspecified atom stereocenters. The number of carbonyl (C=O) groups excluding carboxylic acids is 1. The number of likely N-dealkylation sites (N-methyl/N-ethyl adjacent to an activating group) is 1. The number of carbonyl (C=O) groups is 1. The smallest absolute Gasteiger partial charge is 0.239 e. The topological polar surface area (TPSA) is 32.3 Å². The highest BCUT2D eigenvalue weighted by Crippen LogP contribution is 2.24. The van der Waals surface area contributed by atoms with Gasteiger partial charge in [-0.3, -0.25) is 4.79 Å². The van der Waals surface area contributed by atoms with E-state index in [2.05, 4.69) is 5.32 Å². The molecule has 1 saturated carbocycles. The molecular formula is C14H26N2O. The Hall–Kier alpha value is -0.570. The minimum absolute atomic E-state index is 0.0948. The number of rotatable bonds is 3. The Labute approximate surface area is 105 Å².